The van der Waals surface area contributed by atoms with E-state index in [9.17, 15) is 18.4 Å². The maximum Gasteiger partial charge on any atom is 0.409 e. The van der Waals surface area contributed by atoms with Crippen LogP contribution in [0.1, 0.15) is 42.6 Å². The van der Waals surface area contributed by atoms with Crippen LogP contribution in [0, 0.1) is 11.6 Å². The van der Waals surface area contributed by atoms with Crippen molar-refractivity contribution in [1.29, 1.82) is 0 Å². The van der Waals surface area contributed by atoms with Gasteiger partial charge in [-0.3, -0.25) is 9.78 Å². The maximum absolute atomic E-state index is 14.8. The van der Waals surface area contributed by atoms with Gasteiger partial charge in [-0.05, 0) is 38.0 Å². The number of methoxy groups -OCH3 is 1. The molecule has 0 saturated carbocycles. The van der Waals surface area contributed by atoms with Crippen LogP contribution < -0.4 is 5.32 Å². The first-order valence-electron chi connectivity index (χ1n) is 11.8. The average Bonchev–Trinajstić information content (AvgIpc) is 3.31. The number of piperidine rings is 1. The molecule has 1 aliphatic rings. The van der Waals surface area contributed by atoms with Gasteiger partial charge in [-0.2, -0.15) is 0 Å². The molecule has 0 bridgehead atoms. The number of halogens is 2. The van der Waals surface area contributed by atoms with Crippen molar-refractivity contribution < 1.29 is 27.8 Å². The summed E-state index contributed by atoms with van der Waals surface area (Å²) in [5, 5.41) is 10.9. The summed E-state index contributed by atoms with van der Waals surface area (Å²) in [4.78, 5) is 30.1. The van der Waals surface area contributed by atoms with E-state index in [1.54, 1.807) is 23.6 Å². The van der Waals surface area contributed by atoms with Gasteiger partial charge in [0, 0.05) is 45.3 Å². The average molecular weight is 503 g/mol. The third-order valence-electron chi connectivity index (χ3n) is 6.08. The Kier molecular flexibility index (Phi) is 8.04. The normalized spacial score (nSPS) is 14.3. The van der Waals surface area contributed by atoms with E-state index < -0.39 is 17.5 Å². The van der Waals surface area contributed by atoms with Crippen molar-refractivity contribution in [1.82, 2.24) is 30.2 Å². The van der Waals surface area contributed by atoms with Crippen molar-refractivity contribution in [2.24, 2.45) is 0 Å². The topological polar surface area (TPSA) is 111 Å². The molecule has 12 heteroatoms. The lowest BCUT2D eigenvalue weighted by atomic mass is 10.0. The van der Waals surface area contributed by atoms with Gasteiger partial charge in [-0.25, -0.2) is 18.3 Å². The number of amides is 2. The number of rotatable bonds is 8. The molecular formula is C24H28F2N6O4. The van der Waals surface area contributed by atoms with E-state index in [4.69, 9.17) is 9.47 Å². The molecule has 0 aliphatic carbocycles. The number of hydrogen-bond donors (Lipinski definition) is 1. The molecule has 0 atom stereocenters. The molecule has 1 aromatic carbocycles. The number of nitrogens with zero attached hydrogens (tertiary/aromatic N) is 5. The lowest BCUT2D eigenvalue weighted by Crippen LogP contribution is -2.39. The lowest BCUT2D eigenvalue weighted by Gasteiger charge is -2.31. The molecule has 3 heterocycles. The van der Waals surface area contributed by atoms with Crippen LogP contribution in [0.25, 0.3) is 22.3 Å². The highest BCUT2D eigenvalue weighted by Gasteiger charge is 2.27. The molecule has 3 aromatic rings. The Morgan fingerprint density at radius 3 is 2.67 bits per heavy atom. The van der Waals surface area contributed by atoms with E-state index in [2.05, 4.69) is 20.6 Å². The highest BCUT2D eigenvalue weighted by Crippen LogP contribution is 2.29. The van der Waals surface area contributed by atoms with E-state index in [1.165, 1.54) is 24.4 Å². The first kappa shape index (κ1) is 25.4. The van der Waals surface area contributed by atoms with E-state index in [1.807, 2.05) is 0 Å². The molecular weight excluding hydrogens is 474 g/mol. The van der Waals surface area contributed by atoms with Crippen molar-refractivity contribution in [3.05, 3.63) is 41.6 Å². The van der Waals surface area contributed by atoms with Crippen LogP contribution in [-0.4, -0.2) is 76.8 Å². The predicted molar refractivity (Wildman–Crippen MR) is 126 cm³/mol. The van der Waals surface area contributed by atoms with Gasteiger partial charge in [0.15, 0.2) is 11.6 Å². The molecule has 10 nitrogen and oxygen atoms in total. The second-order valence-corrected chi connectivity index (χ2v) is 8.42. The molecule has 1 saturated heterocycles. The highest BCUT2D eigenvalue weighted by atomic mass is 19.2. The van der Waals surface area contributed by atoms with Crippen molar-refractivity contribution in [3.8, 4) is 11.3 Å². The number of carbonyl (C=O) groups is 2. The summed E-state index contributed by atoms with van der Waals surface area (Å²) in [5.74, 6) is -3.07. The number of aromatic nitrogens is 4. The molecule has 2 aromatic heterocycles. The van der Waals surface area contributed by atoms with Crippen LogP contribution in [0.3, 0.4) is 0 Å². The standard InChI is InChI=1S/C24H28F2N6O4/c1-3-27-23(33)17-6-5-16(21(25)22(17)26)18-13-19-20(14-28-18)32(30-29-19)15-7-9-31(10-8-15)24(34)36-12-4-11-35-2/h5-6,13-15H,3-4,7-12H2,1-2H3,(H,27,33). The SMILES string of the molecule is CCNC(=O)c1ccc(-c2cc3nnn(C4CCN(C(=O)OCCCOC)CC4)c3cn2)c(F)c1F. The largest absolute Gasteiger partial charge is 0.449 e. The van der Waals surface area contributed by atoms with Gasteiger partial charge in [0.05, 0.1) is 30.1 Å². The fourth-order valence-electron chi connectivity index (χ4n) is 4.18. The number of pyridine rings is 1. The number of hydrogen-bond acceptors (Lipinski definition) is 7. The molecule has 1 N–H and O–H groups in total. The van der Waals surface area contributed by atoms with E-state index in [0.29, 0.717) is 63.1 Å². The fourth-order valence-corrected chi connectivity index (χ4v) is 4.18. The molecule has 0 unspecified atom stereocenters. The summed E-state index contributed by atoms with van der Waals surface area (Å²) in [7, 11) is 1.60. The minimum Gasteiger partial charge on any atom is -0.449 e. The number of fused-ring (bicyclic) bond motifs is 1. The molecule has 1 fully saturated rings. The van der Waals surface area contributed by atoms with Gasteiger partial charge in [0.1, 0.15) is 11.0 Å². The molecule has 192 valence electrons. The summed E-state index contributed by atoms with van der Waals surface area (Å²) < 4.78 is 41.3. The number of nitrogens with one attached hydrogen (secondary N) is 1. The van der Waals surface area contributed by atoms with Gasteiger partial charge < -0.3 is 19.7 Å². The van der Waals surface area contributed by atoms with Crippen LogP contribution in [0.15, 0.2) is 24.4 Å². The highest BCUT2D eigenvalue weighted by molar-refractivity contribution is 5.95. The van der Waals surface area contributed by atoms with Gasteiger partial charge in [-0.1, -0.05) is 5.21 Å². The van der Waals surface area contributed by atoms with Crippen molar-refractivity contribution in [2.75, 3.05) is 40.0 Å². The third kappa shape index (κ3) is 5.27. The quantitative estimate of drug-likeness (QED) is 0.470. The summed E-state index contributed by atoms with van der Waals surface area (Å²) >= 11 is 0. The number of carbonyl (C=O) groups excluding carboxylic acids is 2. The Labute approximate surface area is 206 Å². The summed E-state index contributed by atoms with van der Waals surface area (Å²) in [5.41, 5.74) is 0.871. The Hall–Kier alpha value is -3.67. The van der Waals surface area contributed by atoms with Gasteiger partial charge in [-0.15, -0.1) is 5.10 Å². The summed E-state index contributed by atoms with van der Waals surface area (Å²) in [6, 6.07) is 4.10. The van der Waals surface area contributed by atoms with Crippen molar-refractivity contribution in [3.63, 3.8) is 0 Å². The monoisotopic (exact) mass is 502 g/mol. The molecule has 0 spiro atoms. The van der Waals surface area contributed by atoms with E-state index in [0.717, 1.165) is 0 Å². The Morgan fingerprint density at radius 1 is 1.17 bits per heavy atom. The van der Waals surface area contributed by atoms with Crippen molar-refractivity contribution in [2.45, 2.75) is 32.2 Å². The second kappa shape index (κ2) is 11.4. The minimum atomic E-state index is -1.23. The third-order valence-corrected chi connectivity index (χ3v) is 6.08. The number of ether oxygens (including phenoxy) is 2. The first-order chi connectivity index (χ1) is 17.4. The van der Waals surface area contributed by atoms with E-state index in [-0.39, 0.29) is 29.0 Å². The molecule has 1 aliphatic heterocycles. The Bertz CT molecular complexity index is 1240. The van der Waals surface area contributed by atoms with Gasteiger partial charge in [0.2, 0.25) is 0 Å². The van der Waals surface area contributed by atoms with Crippen LogP contribution >= 0.6 is 0 Å². The fraction of sp³-hybridized carbons (Fsp3) is 0.458. The van der Waals surface area contributed by atoms with Crippen LogP contribution in [0.2, 0.25) is 0 Å². The molecule has 4 rings (SSSR count). The van der Waals surface area contributed by atoms with Gasteiger partial charge >= 0.3 is 6.09 Å². The van der Waals surface area contributed by atoms with Gasteiger partial charge in [0.25, 0.3) is 5.91 Å². The zero-order valence-corrected chi connectivity index (χ0v) is 20.2. The van der Waals surface area contributed by atoms with Crippen molar-refractivity contribution >= 4 is 23.0 Å². The maximum atomic E-state index is 14.8. The smallest absolute Gasteiger partial charge is 0.409 e. The second-order valence-electron chi connectivity index (χ2n) is 8.42. The van der Waals surface area contributed by atoms with Crippen LogP contribution in [0.4, 0.5) is 13.6 Å². The molecule has 36 heavy (non-hydrogen) atoms. The number of likely N-dealkylation sites (tertiary alicyclic amines) is 1. The first-order valence-corrected chi connectivity index (χ1v) is 11.8. The number of benzene rings is 1. The van der Waals surface area contributed by atoms with E-state index >= 15 is 0 Å². The summed E-state index contributed by atoms with van der Waals surface area (Å²) in [6.07, 6.45) is 3.15. The lowest BCUT2D eigenvalue weighted by molar-refractivity contribution is 0.0787. The zero-order valence-electron chi connectivity index (χ0n) is 20.2. The summed E-state index contributed by atoms with van der Waals surface area (Å²) in [6.45, 7) is 3.87. The van der Waals surface area contributed by atoms with Crippen LogP contribution in [-0.2, 0) is 9.47 Å². The Morgan fingerprint density at radius 2 is 1.94 bits per heavy atom. The predicted octanol–water partition coefficient (Wildman–Crippen LogP) is 3.33. The minimum absolute atomic E-state index is 0.00531. The Balaban J connectivity index is 1.46. The molecule has 2 amide bonds. The molecule has 0 radical (unpaired) electrons. The van der Waals surface area contributed by atoms with Crippen LogP contribution in [0.5, 0.6) is 0 Å². The zero-order chi connectivity index (χ0) is 25.7.